The van der Waals surface area contributed by atoms with Crippen molar-refractivity contribution < 1.29 is 19.0 Å². The normalized spacial score (nSPS) is 11.0. The number of benzene rings is 3. The fourth-order valence-electron chi connectivity index (χ4n) is 3.27. The fraction of sp³-hybridized carbons (Fsp3) is 0.240. The van der Waals surface area contributed by atoms with Crippen LogP contribution in [0.4, 0.5) is 0 Å². The molecule has 0 aromatic heterocycles. The summed E-state index contributed by atoms with van der Waals surface area (Å²) in [4.78, 5) is 11.3. The lowest BCUT2D eigenvalue weighted by molar-refractivity contribution is 0.112. The van der Waals surface area contributed by atoms with Crippen LogP contribution in [0.15, 0.2) is 66.7 Å². The molecule has 0 fully saturated rings. The molecule has 3 aromatic rings. The molecule has 0 amide bonds. The van der Waals surface area contributed by atoms with Crippen molar-refractivity contribution in [3.8, 4) is 23.0 Å². The molecule has 0 heterocycles. The van der Waals surface area contributed by atoms with Crippen LogP contribution in [-0.2, 0) is 5.41 Å². The van der Waals surface area contributed by atoms with Gasteiger partial charge in [0.2, 0.25) is 5.75 Å². The first-order valence-corrected chi connectivity index (χ1v) is 9.63. The summed E-state index contributed by atoms with van der Waals surface area (Å²) in [5, 5.41) is 0. The van der Waals surface area contributed by atoms with Gasteiger partial charge in [0.25, 0.3) is 0 Å². The van der Waals surface area contributed by atoms with Crippen LogP contribution in [0.1, 0.15) is 42.3 Å². The average Bonchev–Trinajstić information content (AvgIpc) is 2.75. The summed E-state index contributed by atoms with van der Waals surface area (Å²) in [6, 6.07) is 21.7. The third-order valence-corrected chi connectivity index (χ3v) is 4.99. The van der Waals surface area contributed by atoms with Crippen LogP contribution in [0, 0.1) is 0 Å². The highest BCUT2D eigenvalue weighted by atomic mass is 16.5. The van der Waals surface area contributed by atoms with Crippen LogP contribution in [-0.4, -0.2) is 20.0 Å². The van der Waals surface area contributed by atoms with Crippen LogP contribution in [0.2, 0.25) is 0 Å². The highest BCUT2D eigenvalue weighted by Gasteiger charge is 2.23. The van der Waals surface area contributed by atoms with E-state index in [1.807, 2.05) is 25.1 Å². The predicted octanol–water partition coefficient (Wildman–Crippen LogP) is 6.02. The molecule has 150 valence electrons. The van der Waals surface area contributed by atoms with E-state index in [0.29, 0.717) is 35.2 Å². The monoisotopic (exact) mass is 390 g/mol. The number of hydrogen-bond donors (Lipinski definition) is 0. The van der Waals surface area contributed by atoms with E-state index in [4.69, 9.17) is 14.2 Å². The van der Waals surface area contributed by atoms with Gasteiger partial charge in [-0.25, -0.2) is 0 Å². The topological polar surface area (TPSA) is 44.8 Å². The quantitative estimate of drug-likeness (QED) is 0.441. The Kier molecular flexibility index (Phi) is 6.23. The zero-order valence-electron chi connectivity index (χ0n) is 17.3. The van der Waals surface area contributed by atoms with Gasteiger partial charge in [0, 0.05) is 11.0 Å². The number of rotatable bonds is 8. The summed E-state index contributed by atoms with van der Waals surface area (Å²) in [6.45, 7) is 6.74. The van der Waals surface area contributed by atoms with Gasteiger partial charge in [-0.1, -0.05) is 56.3 Å². The maximum absolute atomic E-state index is 11.3. The van der Waals surface area contributed by atoms with E-state index >= 15 is 0 Å². The number of methoxy groups -OCH3 is 1. The van der Waals surface area contributed by atoms with Gasteiger partial charge in [0.1, 0.15) is 12.0 Å². The molecular weight excluding hydrogens is 364 g/mol. The minimum absolute atomic E-state index is 0.128. The molecule has 0 N–H and O–H groups in total. The van der Waals surface area contributed by atoms with Gasteiger partial charge >= 0.3 is 0 Å². The van der Waals surface area contributed by atoms with Crippen molar-refractivity contribution in [3.05, 3.63) is 83.4 Å². The summed E-state index contributed by atoms with van der Waals surface area (Å²) in [7, 11) is 1.54. The van der Waals surface area contributed by atoms with Crippen molar-refractivity contribution >= 4 is 6.29 Å². The zero-order valence-corrected chi connectivity index (χ0v) is 17.3. The summed E-state index contributed by atoms with van der Waals surface area (Å²) in [5.74, 6) is 2.05. The second kappa shape index (κ2) is 8.82. The van der Waals surface area contributed by atoms with Gasteiger partial charge in [-0.2, -0.15) is 0 Å². The van der Waals surface area contributed by atoms with E-state index < -0.39 is 0 Å². The number of ether oxygens (including phenoxy) is 3. The predicted molar refractivity (Wildman–Crippen MR) is 115 cm³/mol. The number of hydrogen-bond acceptors (Lipinski definition) is 4. The Balaban J connectivity index is 1.91. The van der Waals surface area contributed by atoms with E-state index in [-0.39, 0.29) is 5.41 Å². The van der Waals surface area contributed by atoms with Gasteiger partial charge in [-0.3, -0.25) is 4.79 Å². The third-order valence-electron chi connectivity index (χ3n) is 4.99. The van der Waals surface area contributed by atoms with Gasteiger partial charge in [-0.15, -0.1) is 0 Å². The first-order valence-electron chi connectivity index (χ1n) is 9.63. The summed E-state index contributed by atoms with van der Waals surface area (Å²) < 4.78 is 17.1. The molecule has 4 heteroatoms. The van der Waals surface area contributed by atoms with E-state index in [0.717, 1.165) is 6.29 Å². The van der Waals surface area contributed by atoms with Crippen LogP contribution in [0.5, 0.6) is 23.0 Å². The van der Waals surface area contributed by atoms with Crippen molar-refractivity contribution in [2.24, 2.45) is 0 Å². The maximum atomic E-state index is 11.3. The van der Waals surface area contributed by atoms with Crippen LogP contribution >= 0.6 is 0 Å². The van der Waals surface area contributed by atoms with Gasteiger partial charge < -0.3 is 14.2 Å². The second-order valence-electron chi connectivity index (χ2n) is 7.22. The van der Waals surface area contributed by atoms with E-state index in [1.54, 1.807) is 12.1 Å². The summed E-state index contributed by atoms with van der Waals surface area (Å²) in [5.41, 5.74) is 2.76. The minimum atomic E-state index is -0.128. The Morgan fingerprint density at radius 2 is 1.52 bits per heavy atom. The molecule has 0 bridgehead atoms. The second-order valence-corrected chi connectivity index (χ2v) is 7.22. The highest BCUT2D eigenvalue weighted by Crippen LogP contribution is 2.41. The molecule has 0 aliphatic carbocycles. The van der Waals surface area contributed by atoms with E-state index in [2.05, 4.69) is 50.2 Å². The van der Waals surface area contributed by atoms with Crippen LogP contribution in [0.25, 0.3) is 0 Å². The largest absolute Gasteiger partial charge is 0.493 e. The first-order chi connectivity index (χ1) is 14.0. The number of carbonyl (C=O) groups excluding carboxylic acids is 1. The molecule has 0 aliphatic heterocycles. The lowest BCUT2D eigenvalue weighted by atomic mass is 9.78. The van der Waals surface area contributed by atoms with Crippen molar-refractivity contribution in [1.82, 2.24) is 0 Å². The molecule has 4 nitrogen and oxygen atoms in total. The highest BCUT2D eigenvalue weighted by molar-refractivity contribution is 5.78. The van der Waals surface area contributed by atoms with Gasteiger partial charge in [0.05, 0.1) is 13.7 Å². The van der Waals surface area contributed by atoms with Gasteiger partial charge in [-0.05, 0) is 42.3 Å². The smallest absolute Gasteiger partial charge is 0.204 e. The molecule has 0 unspecified atom stereocenters. The van der Waals surface area contributed by atoms with E-state index in [1.165, 1.54) is 18.2 Å². The molecule has 0 saturated carbocycles. The Bertz CT molecular complexity index is 960. The minimum Gasteiger partial charge on any atom is -0.493 e. The molecule has 0 spiro atoms. The lowest BCUT2D eigenvalue weighted by Gasteiger charge is -2.26. The first kappa shape index (κ1) is 20.5. The molecule has 3 rings (SSSR count). The van der Waals surface area contributed by atoms with Crippen molar-refractivity contribution in [1.29, 1.82) is 0 Å². The molecule has 0 atom stereocenters. The fourth-order valence-corrected chi connectivity index (χ4v) is 3.27. The molecule has 0 radical (unpaired) electrons. The van der Waals surface area contributed by atoms with Crippen LogP contribution in [0.3, 0.4) is 0 Å². The van der Waals surface area contributed by atoms with Crippen molar-refractivity contribution in [2.45, 2.75) is 26.2 Å². The van der Waals surface area contributed by atoms with Crippen molar-refractivity contribution in [3.63, 3.8) is 0 Å². The molecule has 3 aromatic carbocycles. The average molecular weight is 390 g/mol. The Labute approximate surface area is 172 Å². The molecule has 0 saturated heterocycles. The Morgan fingerprint density at radius 1 is 0.897 bits per heavy atom. The third kappa shape index (κ3) is 4.43. The number of aldehydes is 1. The van der Waals surface area contributed by atoms with Gasteiger partial charge in [0.15, 0.2) is 11.5 Å². The molecular formula is C25H26O4. The summed E-state index contributed by atoms with van der Waals surface area (Å²) >= 11 is 0. The number of carbonyl (C=O) groups is 1. The maximum Gasteiger partial charge on any atom is 0.204 e. The molecule has 29 heavy (non-hydrogen) atoms. The Morgan fingerprint density at radius 3 is 2.10 bits per heavy atom. The standard InChI is InChI=1S/C25H26O4/c1-5-28-24-22(27-4)15-18(17-26)16-23(24)29-21-13-11-20(12-14-21)25(2,3)19-9-7-6-8-10-19/h6-17H,5H2,1-4H3. The zero-order chi connectivity index (χ0) is 20.9. The van der Waals surface area contributed by atoms with Crippen molar-refractivity contribution in [2.75, 3.05) is 13.7 Å². The van der Waals surface area contributed by atoms with E-state index in [9.17, 15) is 4.79 Å². The molecule has 0 aliphatic rings. The lowest BCUT2D eigenvalue weighted by Crippen LogP contribution is -2.18. The Hall–Kier alpha value is -3.27. The SMILES string of the molecule is CCOc1c(OC)cc(C=O)cc1Oc1ccc(C(C)(C)c2ccccc2)cc1. The summed E-state index contributed by atoms with van der Waals surface area (Å²) in [6.07, 6.45) is 0.761. The van der Waals surface area contributed by atoms with Crippen LogP contribution < -0.4 is 14.2 Å².